The number of epoxide rings is 2. The molecular formula is C16H16O6. The number of rotatable bonds is 3. The Morgan fingerprint density at radius 2 is 1.59 bits per heavy atom. The summed E-state index contributed by atoms with van der Waals surface area (Å²) in [6, 6.07) is 10.1. The van der Waals surface area contributed by atoms with E-state index in [0.29, 0.717) is 19.8 Å². The Balaban J connectivity index is 1.32. The lowest BCUT2D eigenvalue weighted by Crippen LogP contribution is -2.78. The summed E-state index contributed by atoms with van der Waals surface area (Å²) in [5.74, 6) is 0. The Kier molecular flexibility index (Phi) is 2.20. The average Bonchev–Trinajstić information content (AvgIpc) is 3.46. The van der Waals surface area contributed by atoms with Crippen LogP contribution in [0.2, 0.25) is 0 Å². The van der Waals surface area contributed by atoms with Crippen molar-refractivity contribution in [2.24, 2.45) is 0 Å². The zero-order valence-electron chi connectivity index (χ0n) is 11.8. The highest BCUT2D eigenvalue weighted by atomic mass is 16.9. The minimum atomic E-state index is -0.610. The lowest BCUT2D eigenvalue weighted by molar-refractivity contribution is -0.477. The third-order valence-electron chi connectivity index (χ3n) is 5.45. The lowest BCUT2D eigenvalue weighted by Gasteiger charge is -2.58. The van der Waals surface area contributed by atoms with Crippen LogP contribution in [0.25, 0.3) is 0 Å². The van der Waals surface area contributed by atoms with Crippen LogP contribution in [-0.4, -0.2) is 55.3 Å². The van der Waals surface area contributed by atoms with Crippen LogP contribution in [0.3, 0.4) is 0 Å². The van der Waals surface area contributed by atoms with Gasteiger partial charge in [0.2, 0.25) is 0 Å². The van der Waals surface area contributed by atoms with Crippen LogP contribution in [-0.2, 0) is 35.0 Å². The smallest absolute Gasteiger partial charge is 0.273 e. The van der Waals surface area contributed by atoms with Gasteiger partial charge in [-0.15, -0.1) is 0 Å². The van der Waals surface area contributed by atoms with Crippen LogP contribution >= 0.6 is 0 Å². The molecule has 6 heteroatoms. The molecule has 2 spiro atoms. The standard InChI is InChI=1S/C16H16O6/c1-2-4-9(5-3-1)6-17-10-11-15(7-18-15)13-16(8-19-16)12(10)21-14(20-11)22-13/h1-5,10-14H,6-8H2/t10?,11-,12-,13?,14?,15+,16+/m1/s1. The van der Waals surface area contributed by atoms with Gasteiger partial charge in [-0.25, -0.2) is 0 Å². The highest BCUT2D eigenvalue weighted by molar-refractivity contribution is 5.29. The van der Waals surface area contributed by atoms with Crippen molar-refractivity contribution in [3.05, 3.63) is 35.9 Å². The van der Waals surface area contributed by atoms with Crippen LogP contribution in [0.1, 0.15) is 5.56 Å². The molecule has 5 aliphatic heterocycles. The molecule has 116 valence electrons. The van der Waals surface area contributed by atoms with Crippen LogP contribution in [0.5, 0.6) is 0 Å². The first kappa shape index (κ1) is 12.4. The summed E-state index contributed by atoms with van der Waals surface area (Å²) < 4.78 is 35.3. The molecule has 1 aromatic carbocycles. The predicted molar refractivity (Wildman–Crippen MR) is 70.8 cm³/mol. The van der Waals surface area contributed by atoms with E-state index in [1.165, 1.54) is 0 Å². The molecule has 1 aromatic rings. The van der Waals surface area contributed by atoms with E-state index in [1.54, 1.807) is 0 Å². The molecule has 1 saturated carbocycles. The quantitative estimate of drug-likeness (QED) is 0.762. The van der Waals surface area contributed by atoms with Crippen molar-refractivity contribution < 1.29 is 28.4 Å². The topological polar surface area (TPSA) is 62.0 Å². The molecule has 5 heterocycles. The molecule has 6 aliphatic rings. The molecule has 6 nitrogen and oxygen atoms in total. The van der Waals surface area contributed by atoms with Gasteiger partial charge >= 0.3 is 0 Å². The van der Waals surface area contributed by atoms with E-state index < -0.39 is 17.7 Å². The number of benzene rings is 1. The van der Waals surface area contributed by atoms with E-state index in [0.717, 1.165) is 5.56 Å². The number of hydrogen-bond donors (Lipinski definition) is 0. The summed E-state index contributed by atoms with van der Waals surface area (Å²) in [6.45, 7) is 1.19. The zero-order chi connectivity index (χ0) is 14.4. The highest BCUT2D eigenvalue weighted by Gasteiger charge is 2.84. The van der Waals surface area contributed by atoms with E-state index in [-0.39, 0.29) is 24.4 Å². The van der Waals surface area contributed by atoms with Gasteiger partial charge in [-0.3, -0.25) is 0 Å². The molecule has 6 fully saturated rings. The van der Waals surface area contributed by atoms with Crippen LogP contribution < -0.4 is 0 Å². The molecule has 0 radical (unpaired) electrons. The van der Waals surface area contributed by atoms with Crippen molar-refractivity contribution in [3.8, 4) is 0 Å². The van der Waals surface area contributed by atoms with Crippen molar-refractivity contribution in [3.63, 3.8) is 0 Å². The fraction of sp³-hybridized carbons (Fsp3) is 0.625. The van der Waals surface area contributed by atoms with Crippen LogP contribution in [0.4, 0.5) is 0 Å². The molecule has 0 aromatic heterocycles. The maximum Gasteiger partial charge on any atom is 0.273 e. The summed E-state index contributed by atoms with van der Waals surface area (Å²) in [4.78, 5) is 0. The van der Waals surface area contributed by atoms with Gasteiger partial charge in [-0.1, -0.05) is 30.3 Å². The first-order valence-electron chi connectivity index (χ1n) is 7.72. The summed E-state index contributed by atoms with van der Waals surface area (Å²) >= 11 is 0. The van der Waals surface area contributed by atoms with Gasteiger partial charge in [0.15, 0.2) is 0 Å². The highest BCUT2D eigenvalue weighted by Crippen LogP contribution is 2.62. The van der Waals surface area contributed by atoms with Gasteiger partial charge in [0.05, 0.1) is 19.8 Å². The molecule has 4 bridgehead atoms. The maximum absolute atomic E-state index is 6.19. The minimum absolute atomic E-state index is 0.0981. The summed E-state index contributed by atoms with van der Waals surface area (Å²) in [6.07, 6.45) is -0.581. The second-order valence-electron chi connectivity index (χ2n) is 6.67. The Hall–Kier alpha value is -1.02. The largest absolute Gasteiger partial charge is 0.368 e. The maximum atomic E-state index is 6.19. The van der Waals surface area contributed by atoms with Crippen molar-refractivity contribution in [1.29, 1.82) is 0 Å². The van der Waals surface area contributed by atoms with Crippen molar-refractivity contribution >= 4 is 0 Å². The molecule has 1 aliphatic carbocycles. The summed E-state index contributed by atoms with van der Waals surface area (Å²) in [7, 11) is 0. The third kappa shape index (κ3) is 1.41. The van der Waals surface area contributed by atoms with Gasteiger partial charge < -0.3 is 28.4 Å². The molecule has 0 amide bonds. The normalized spacial score (nSPS) is 53.4. The average molecular weight is 304 g/mol. The van der Waals surface area contributed by atoms with Crippen molar-refractivity contribution in [1.82, 2.24) is 0 Å². The number of ether oxygens (including phenoxy) is 6. The second kappa shape index (κ2) is 3.90. The van der Waals surface area contributed by atoms with Gasteiger partial charge in [0.25, 0.3) is 6.48 Å². The molecule has 4 atom stereocenters. The Morgan fingerprint density at radius 3 is 2.18 bits per heavy atom. The van der Waals surface area contributed by atoms with E-state index in [2.05, 4.69) is 0 Å². The summed E-state index contributed by atoms with van der Waals surface area (Å²) in [5.41, 5.74) is 0.313. The van der Waals surface area contributed by atoms with E-state index in [4.69, 9.17) is 28.4 Å². The Labute approximate surface area is 127 Å². The monoisotopic (exact) mass is 304 g/mol. The van der Waals surface area contributed by atoms with Gasteiger partial charge in [-0.2, -0.15) is 0 Å². The van der Waals surface area contributed by atoms with Gasteiger partial charge in [0, 0.05) is 0 Å². The Morgan fingerprint density at radius 1 is 0.955 bits per heavy atom. The Bertz CT molecular complexity index is 580. The van der Waals surface area contributed by atoms with Crippen LogP contribution in [0.15, 0.2) is 30.3 Å². The number of hydrogen-bond acceptors (Lipinski definition) is 6. The lowest BCUT2D eigenvalue weighted by atomic mass is 9.71. The zero-order valence-corrected chi connectivity index (χ0v) is 11.8. The third-order valence-corrected chi connectivity index (χ3v) is 5.45. The van der Waals surface area contributed by atoms with Crippen molar-refractivity contribution in [2.75, 3.05) is 13.2 Å². The first-order chi connectivity index (χ1) is 10.8. The first-order valence-corrected chi connectivity index (χ1v) is 7.72. The molecule has 22 heavy (non-hydrogen) atoms. The minimum Gasteiger partial charge on any atom is -0.368 e. The van der Waals surface area contributed by atoms with E-state index >= 15 is 0 Å². The van der Waals surface area contributed by atoms with E-state index in [9.17, 15) is 0 Å². The molecule has 0 N–H and O–H groups in total. The SMILES string of the molecule is c1ccc(COC2[C@H]3OC4OC([C@]35CO5)[C@]3(CO3)[C@@H]2O4)cc1. The fourth-order valence-electron chi connectivity index (χ4n) is 4.23. The van der Waals surface area contributed by atoms with Gasteiger partial charge in [-0.05, 0) is 5.56 Å². The van der Waals surface area contributed by atoms with Crippen LogP contribution in [0, 0.1) is 0 Å². The van der Waals surface area contributed by atoms with E-state index in [1.807, 2.05) is 30.3 Å². The summed E-state index contributed by atoms with van der Waals surface area (Å²) in [5, 5.41) is 0. The second-order valence-corrected chi connectivity index (χ2v) is 6.67. The predicted octanol–water partition coefficient (Wildman–Crippen LogP) is 0.590. The van der Waals surface area contributed by atoms with Gasteiger partial charge in [0.1, 0.15) is 35.6 Å². The molecule has 5 saturated heterocycles. The van der Waals surface area contributed by atoms with Crippen molar-refractivity contribution in [2.45, 2.75) is 48.7 Å². The molecule has 7 rings (SSSR count). The fourth-order valence-corrected chi connectivity index (χ4v) is 4.23. The molecular weight excluding hydrogens is 288 g/mol. The molecule has 0 unspecified atom stereocenters.